The number of hydrogen-bond donors (Lipinski definition) is 2. The summed E-state index contributed by atoms with van der Waals surface area (Å²) in [5.41, 5.74) is 0. The van der Waals surface area contributed by atoms with Crippen LogP contribution in [0, 0.1) is 0 Å². The fraction of sp³-hybridized carbons (Fsp3) is 1.00. The SMILES string of the molecule is O=S(=O)(NCC1CNCCO1)C1CC1. The van der Waals surface area contributed by atoms with Gasteiger partial charge in [-0.1, -0.05) is 0 Å². The van der Waals surface area contributed by atoms with E-state index in [9.17, 15) is 8.42 Å². The van der Waals surface area contributed by atoms with Crippen molar-refractivity contribution in [2.75, 3.05) is 26.2 Å². The van der Waals surface area contributed by atoms with Gasteiger partial charge < -0.3 is 10.1 Å². The van der Waals surface area contributed by atoms with Crippen molar-refractivity contribution < 1.29 is 13.2 Å². The Bertz CT molecular complexity index is 281. The molecular weight excluding hydrogens is 204 g/mol. The van der Waals surface area contributed by atoms with E-state index in [0.717, 1.165) is 25.9 Å². The van der Waals surface area contributed by atoms with Crippen LogP contribution >= 0.6 is 0 Å². The van der Waals surface area contributed by atoms with Crippen LogP contribution in [0.5, 0.6) is 0 Å². The lowest BCUT2D eigenvalue weighted by atomic mass is 10.3. The van der Waals surface area contributed by atoms with Gasteiger partial charge in [-0.25, -0.2) is 13.1 Å². The highest BCUT2D eigenvalue weighted by Crippen LogP contribution is 2.27. The Kier molecular flexibility index (Phi) is 3.06. The van der Waals surface area contributed by atoms with Crippen LogP contribution in [-0.4, -0.2) is 46.0 Å². The second-order valence-corrected chi connectivity index (χ2v) is 5.84. The van der Waals surface area contributed by atoms with Gasteiger partial charge in [-0.2, -0.15) is 0 Å². The summed E-state index contributed by atoms with van der Waals surface area (Å²) < 4.78 is 30.9. The average Bonchev–Trinajstić information content (AvgIpc) is 3.00. The molecule has 0 radical (unpaired) electrons. The number of rotatable bonds is 4. The maximum Gasteiger partial charge on any atom is 0.214 e. The van der Waals surface area contributed by atoms with E-state index in [1.165, 1.54) is 0 Å². The zero-order chi connectivity index (χ0) is 10.0. The summed E-state index contributed by atoms with van der Waals surface area (Å²) in [6.45, 7) is 2.64. The zero-order valence-corrected chi connectivity index (χ0v) is 8.85. The predicted molar refractivity (Wildman–Crippen MR) is 52.6 cm³/mol. The van der Waals surface area contributed by atoms with Gasteiger partial charge in [0, 0.05) is 19.6 Å². The fourth-order valence-corrected chi connectivity index (χ4v) is 2.87. The van der Waals surface area contributed by atoms with Crippen LogP contribution in [0.1, 0.15) is 12.8 Å². The van der Waals surface area contributed by atoms with E-state index in [2.05, 4.69) is 10.0 Å². The highest BCUT2D eigenvalue weighted by molar-refractivity contribution is 7.90. The second kappa shape index (κ2) is 4.14. The summed E-state index contributed by atoms with van der Waals surface area (Å²) in [4.78, 5) is 0. The molecule has 0 spiro atoms. The van der Waals surface area contributed by atoms with Crippen molar-refractivity contribution >= 4 is 10.0 Å². The van der Waals surface area contributed by atoms with E-state index >= 15 is 0 Å². The molecule has 1 heterocycles. The van der Waals surface area contributed by atoms with Gasteiger partial charge in [-0.3, -0.25) is 0 Å². The van der Waals surface area contributed by atoms with Crippen LogP contribution in [-0.2, 0) is 14.8 Å². The van der Waals surface area contributed by atoms with Crippen LogP contribution in [0.15, 0.2) is 0 Å². The van der Waals surface area contributed by atoms with Crippen molar-refractivity contribution in [3.8, 4) is 0 Å². The van der Waals surface area contributed by atoms with E-state index in [1.54, 1.807) is 0 Å². The number of ether oxygens (including phenoxy) is 1. The third-order valence-corrected chi connectivity index (χ3v) is 4.40. The molecule has 1 saturated heterocycles. The first-order valence-corrected chi connectivity index (χ1v) is 6.54. The first-order chi connectivity index (χ1) is 6.68. The Labute approximate surface area is 84.3 Å². The normalized spacial score (nSPS) is 29.0. The fourth-order valence-electron chi connectivity index (χ4n) is 1.46. The van der Waals surface area contributed by atoms with Crippen molar-refractivity contribution in [2.24, 2.45) is 0 Å². The summed E-state index contributed by atoms with van der Waals surface area (Å²) in [6.07, 6.45) is 1.59. The Balaban J connectivity index is 1.75. The summed E-state index contributed by atoms with van der Waals surface area (Å²) in [6, 6.07) is 0. The van der Waals surface area contributed by atoms with Gasteiger partial charge in [0.1, 0.15) is 0 Å². The van der Waals surface area contributed by atoms with Crippen molar-refractivity contribution in [1.82, 2.24) is 10.0 Å². The van der Waals surface area contributed by atoms with Gasteiger partial charge >= 0.3 is 0 Å². The maximum absolute atomic E-state index is 11.4. The quantitative estimate of drug-likeness (QED) is 0.641. The monoisotopic (exact) mass is 220 g/mol. The van der Waals surface area contributed by atoms with Crippen molar-refractivity contribution in [3.63, 3.8) is 0 Å². The molecule has 82 valence electrons. The number of morpholine rings is 1. The van der Waals surface area contributed by atoms with Crippen LogP contribution in [0.4, 0.5) is 0 Å². The Morgan fingerprint density at radius 3 is 2.79 bits per heavy atom. The highest BCUT2D eigenvalue weighted by Gasteiger charge is 2.35. The molecule has 1 aliphatic heterocycles. The molecule has 1 aliphatic carbocycles. The molecule has 14 heavy (non-hydrogen) atoms. The molecule has 0 aromatic rings. The number of hydrogen-bond acceptors (Lipinski definition) is 4. The number of sulfonamides is 1. The minimum Gasteiger partial charge on any atom is -0.374 e. The summed E-state index contributed by atoms with van der Waals surface area (Å²) in [5.74, 6) is 0. The Morgan fingerprint density at radius 2 is 2.21 bits per heavy atom. The van der Waals surface area contributed by atoms with Gasteiger partial charge in [0.15, 0.2) is 0 Å². The first kappa shape index (κ1) is 10.4. The molecular formula is C8H16N2O3S. The predicted octanol–water partition coefficient (Wildman–Crippen LogP) is -0.943. The largest absolute Gasteiger partial charge is 0.374 e. The van der Waals surface area contributed by atoms with E-state index < -0.39 is 10.0 Å². The van der Waals surface area contributed by atoms with Crippen molar-refractivity contribution in [1.29, 1.82) is 0 Å². The molecule has 1 atom stereocenters. The minimum atomic E-state index is -3.04. The summed E-state index contributed by atoms with van der Waals surface area (Å²) in [5, 5.41) is 3.02. The standard InChI is InChI=1S/C8H16N2O3S/c11-14(12,8-1-2-8)10-6-7-5-9-3-4-13-7/h7-10H,1-6H2. The average molecular weight is 220 g/mol. The first-order valence-electron chi connectivity index (χ1n) is 4.99. The van der Waals surface area contributed by atoms with E-state index in [0.29, 0.717) is 13.2 Å². The van der Waals surface area contributed by atoms with Crippen molar-refractivity contribution in [3.05, 3.63) is 0 Å². The molecule has 2 aliphatic rings. The highest BCUT2D eigenvalue weighted by atomic mass is 32.2. The van der Waals surface area contributed by atoms with Gasteiger partial charge in [-0.15, -0.1) is 0 Å². The maximum atomic E-state index is 11.4. The molecule has 2 rings (SSSR count). The molecule has 5 nitrogen and oxygen atoms in total. The van der Waals surface area contributed by atoms with Gasteiger partial charge in [0.05, 0.1) is 18.0 Å². The summed E-state index contributed by atoms with van der Waals surface area (Å²) >= 11 is 0. The van der Waals surface area contributed by atoms with Crippen molar-refractivity contribution in [2.45, 2.75) is 24.2 Å². The molecule has 0 aromatic heterocycles. The van der Waals surface area contributed by atoms with Gasteiger partial charge in [0.25, 0.3) is 0 Å². The zero-order valence-electron chi connectivity index (χ0n) is 8.03. The lowest BCUT2D eigenvalue weighted by Gasteiger charge is -2.23. The molecule has 0 bridgehead atoms. The third-order valence-electron chi connectivity index (χ3n) is 2.48. The Hall–Kier alpha value is -0.170. The molecule has 0 aromatic carbocycles. The van der Waals surface area contributed by atoms with Crippen LogP contribution in [0.25, 0.3) is 0 Å². The molecule has 0 amide bonds. The second-order valence-electron chi connectivity index (χ2n) is 3.79. The molecule has 6 heteroatoms. The van der Waals surface area contributed by atoms with E-state index in [1.807, 2.05) is 0 Å². The van der Waals surface area contributed by atoms with Gasteiger partial charge in [-0.05, 0) is 12.8 Å². The van der Waals surface area contributed by atoms with Crippen LogP contribution in [0.2, 0.25) is 0 Å². The molecule has 2 N–H and O–H groups in total. The third kappa shape index (κ3) is 2.66. The smallest absolute Gasteiger partial charge is 0.214 e. The van der Waals surface area contributed by atoms with Crippen LogP contribution < -0.4 is 10.0 Å². The molecule has 1 saturated carbocycles. The lowest BCUT2D eigenvalue weighted by Crippen LogP contribution is -2.45. The van der Waals surface area contributed by atoms with E-state index in [4.69, 9.17) is 4.74 Å². The molecule has 1 unspecified atom stereocenters. The lowest BCUT2D eigenvalue weighted by molar-refractivity contribution is 0.0324. The molecule has 2 fully saturated rings. The summed E-state index contributed by atoms with van der Waals surface area (Å²) in [7, 11) is -3.04. The van der Waals surface area contributed by atoms with Gasteiger partial charge in [0.2, 0.25) is 10.0 Å². The topological polar surface area (TPSA) is 67.4 Å². The number of nitrogens with one attached hydrogen (secondary N) is 2. The van der Waals surface area contributed by atoms with E-state index in [-0.39, 0.29) is 11.4 Å². The minimum absolute atomic E-state index is 0.0164. The Morgan fingerprint density at radius 1 is 1.43 bits per heavy atom. The van der Waals surface area contributed by atoms with Crippen LogP contribution in [0.3, 0.4) is 0 Å².